The van der Waals surface area contributed by atoms with E-state index in [0.29, 0.717) is 5.56 Å². The minimum Gasteiger partial charge on any atom is -0.310 e. The van der Waals surface area contributed by atoms with Crippen LogP contribution in [0.25, 0.3) is 11.3 Å². The van der Waals surface area contributed by atoms with Crippen molar-refractivity contribution in [3.05, 3.63) is 51.6 Å². The fourth-order valence-electron chi connectivity index (χ4n) is 1.88. The monoisotopic (exact) mass is 256 g/mol. The molecule has 2 rings (SSSR count). The number of benzene rings is 1. The summed E-state index contributed by atoms with van der Waals surface area (Å²) in [5.41, 5.74) is 3.38. The van der Waals surface area contributed by atoms with Crippen LogP contribution in [0.3, 0.4) is 0 Å². The Bertz CT molecular complexity index is 646. The van der Waals surface area contributed by atoms with E-state index >= 15 is 0 Å². The second-order valence-corrected chi connectivity index (χ2v) is 6.00. The van der Waals surface area contributed by atoms with Crippen LogP contribution < -0.4 is 5.56 Å². The van der Waals surface area contributed by atoms with Crippen molar-refractivity contribution in [2.24, 2.45) is 0 Å². The fraction of sp³-hybridized carbons (Fsp3) is 0.375. The maximum Gasteiger partial charge on any atom is 0.254 e. The van der Waals surface area contributed by atoms with Gasteiger partial charge in [-0.3, -0.25) is 4.79 Å². The molecule has 0 aliphatic carbocycles. The van der Waals surface area contributed by atoms with Crippen molar-refractivity contribution in [3.63, 3.8) is 0 Å². The van der Waals surface area contributed by atoms with Gasteiger partial charge in [-0.25, -0.2) is 4.98 Å². The molecule has 3 heteroatoms. The molecule has 19 heavy (non-hydrogen) atoms. The molecule has 0 amide bonds. The van der Waals surface area contributed by atoms with Crippen molar-refractivity contribution >= 4 is 0 Å². The third kappa shape index (κ3) is 2.75. The normalized spacial score (nSPS) is 11.6. The van der Waals surface area contributed by atoms with Crippen molar-refractivity contribution in [1.29, 1.82) is 0 Å². The zero-order valence-electron chi connectivity index (χ0n) is 12.2. The molecule has 1 heterocycles. The molecule has 3 nitrogen and oxygen atoms in total. The summed E-state index contributed by atoms with van der Waals surface area (Å²) in [4.78, 5) is 19.6. The zero-order valence-corrected chi connectivity index (χ0v) is 12.2. The standard InChI is InChI=1S/C16H20N2O/c1-10-6-8-12(9-7-10)13-11(2)14(19)18-15(17-13)16(3,4)5/h6-9H,1-5H3,(H,17,18,19). The summed E-state index contributed by atoms with van der Waals surface area (Å²) in [6.07, 6.45) is 0. The summed E-state index contributed by atoms with van der Waals surface area (Å²) >= 11 is 0. The first-order valence-corrected chi connectivity index (χ1v) is 6.47. The van der Waals surface area contributed by atoms with Crippen LogP contribution in [0, 0.1) is 13.8 Å². The van der Waals surface area contributed by atoms with Gasteiger partial charge >= 0.3 is 0 Å². The molecule has 0 unspecified atom stereocenters. The van der Waals surface area contributed by atoms with E-state index in [9.17, 15) is 4.79 Å². The Hall–Kier alpha value is -1.90. The fourth-order valence-corrected chi connectivity index (χ4v) is 1.88. The number of hydrogen-bond acceptors (Lipinski definition) is 2. The molecule has 2 aromatic rings. The Balaban J connectivity index is 2.66. The summed E-state index contributed by atoms with van der Waals surface area (Å²) in [6, 6.07) is 8.09. The predicted molar refractivity (Wildman–Crippen MR) is 78.5 cm³/mol. The highest BCUT2D eigenvalue weighted by molar-refractivity contribution is 5.62. The summed E-state index contributed by atoms with van der Waals surface area (Å²) < 4.78 is 0. The second kappa shape index (κ2) is 4.65. The SMILES string of the molecule is Cc1ccc(-c2nc(C(C)(C)C)[nH]c(=O)c2C)cc1. The summed E-state index contributed by atoms with van der Waals surface area (Å²) in [6.45, 7) is 9.98. The quantitative estimate of drug-likeness (QED) is 0.850. The third-order valence-electron chi connectivity index (χ3n) is 3.19. The van der Waals surface area contributed by atoms with E-state index in [4.69, 9.17) is 0 Å². The Morgan fingerprint density at radius 2 is 1.63 bits per heavy atom. The number of H-pyrrole nitrogens is 1. The number of aromatic nitrogens is 2. The van der Waals surface area contributed by atoms with Crippen LogP contribution in [0.15, 0.2) is 29.1 Å². The van der Waals surface area contributed by atoms with Gasteiger partial charge in [0.25, 0.3) is 5.56 Å². The van der Waals surface area contributed by atoms with Gasteiger partial charge in [0, 0.05) is 16.5 Å². The first-order chi connectivity index (χ1) is 8.79. The third-order valence-corrected chi connectivity index (χ3v) is 3.19. The lowest BCUT2D eigenvalue weighted by Crippen LogP contribution is -2.24. The molecule has 0 radical (unpaired) electrons. The Kier molecular flexibility index (Phi) is 3.31. The van der Waals surface area contributed by atoms with Crippen LogP contribution in [-0.4, -0.2) is 9.97 Å². The molecule has 0 aliphatic rings. The van der Waals surface area contributed by atoms with E-state index < -0.39 is 0 Å². The number of nitrogens with zero attached hydrogens (tertiary/aromatic N) is 1. The number of rotatable bonds is 1. The number of aryl methyl sites for hydroxylation is 1. The molecule has 0 aliphatic heterocycles. The predicted octanol–water partition coefficient (Wildman–Crippen LogP) is 3.35. The highest BCUT2D eigenvalue weighted by Gasteiger charge is 2.19. The second-order valence-electron chi connectivity index (χ2n) is 6.00. The number of aromatic amines is 1. The maximum atomic E-state index is 12.1. The van der Waals surface area contributed by atoms with Gasteiger partial charge in [-0.2, -0.15) is 0 Å². The molecular formula is C16H20N2O. The first kappa shape index (κ1) is 13.5. The summed E-state index contributed by atoms with van der Waals surface area (Å²) in [7, 11) is 0. The van der Waals surface area contributed by atoms with E-state index in [-0.39, 0.29) is 11.0 Å². The topological polar surface area (TPSA) is 45.8 Å². The van der Waals surface area contributed by atoms with Gasteiger partial charge < -0.3 is 4.98 Å². The van der Waals surface area contributed by atoms with Crippen molar-refractivity contribution in [1.82, 2.24) is 9.97 Å². The summed E-state index contributed by atoms with van der Waals surface area (Å²) in [5.74, 6) is 0.721. The van der Waals surface area contributed by atoms with Crippen LogP contribution in [0.4, 0.5) is 0 Å². The average molecular weight is 256 g/mol. The van der Waals surface area contributed by atoms with E-state index in [2.05, 4.69) is 9.97 Å². The van der Waals surface area contributed by atoms with Crippen LogP contribution >= 0.6 is 0 Å². The summed E-state index contributed by atoms with van der Waals surface area (Å²) in [5, 5.41) is 0. The highest BCUT2D eigenvalue weighted by atomic mass is 16.1. The largest absolute Gasteiger partial charge is 0.310 e. The molecule has 0 spiro atoms. The van der Waals surface area contributed by atoms with Crippen LogP contribution in [0.1, 0.15) is 37.7 Å². The lowest BCUT2D eigenvalue weighted by molar-refractivity contribution is 0.542. The molecule has 1 aromatic carbocycles. The van der Waals surface area contributed by atoms with Crippen molar-refractivity contribution in [2.45, 2.75) is 40.0 Å². The van der Waals surface area contributed by atoms with E-state index in [1.54, 1.807) is 0 Å². The lowest BCUT2D eigenvalue weighted by atomic mass is 9.95. The first-order valence-electron chi connectivity index (χ1n) is 6.47. The van der Waals surface area contributed by atoms with Gasteiger partial charge in [0.1, 0.15) is 5.82 Å². The minimum absolute atomic E-state index is 0.0597. The number of hydrogen-bond donors (Lipinski definition) is 1. The molecular weight excluding hydrogens is 236 g/mol. The molecule has 1 N–H and O–H groups in total. The van der Waals surface area contributed by atoms with Gasteiger partial charge in [0.05, 0.1) is 5.69 Å². The van der Waals surface area contributed by atoms with Gasteiger partial charge in [-0.1, -0.05) is 50.6 Å². The van der Waals surface area contributed by atoms with Crippen LogP contribution in [0.5, 0.6) is 0 Å². The molecule has 0 bridgehead atoms. The maximum absolute atomic E-state index is 12.1. The lowest BCUT2D eigenvalue weighted by Gasteiger charge is -2.18. The molecule has 0 saturated heterocycles. The molecule has 0 saturated carbocycles. The van der Waals surface area contributed by atoms with E-state index in [1.165, 1.54) is 5.56 Å². The smallest absolute Gasteiger partial charge is 0.254 e. The van der Waals surface area contributed by atoms with Crippen LogP contribution in [-0.2, 0) is 5.41 Å². The number of nitrogens with one attached hydrogen (secondary N) is 1. The van der Waals surface area contributed by atoms with Gasteiger partial charge in [0.15, 0.2) is 0 Å². The van der Waals surface area contributed by atoms with Crippen molar-refractivity contribution in [3.8, 4) is 11.3 Å². The Labute approximate surface area is 113 Å². The Morgan fingerprint density at radius 1 is 1.05 bits per heavy atom. The van der Waals surface area contributed by atoms with Crippen molar-refractivity contribution < 1.29 is 0 Å². The van der Waals surface area contributed by atoms with Gasteiger partial charge in [0.2, 0.25) is 0 Å². The Morgan fingerprint density at radius 3 is 2.16 bits per heavy atom. The molecule has 1 aromatic heterocycles. The van der Waals surface area contributed by atoms with E-state index in [0.717, 1.165) is 17.1 Å². The van der Waals surface area contributed by atoms with Gasteiger partial charge in [-0.05, 0) is 13.8 Å². The molecule has 0 fully saturated rings. The molecule has 100 valence electrons. The van der Waals surface area contributed by atoms with Crippen molar-refractivity contribution in [2.75, 3.05) is 0 Å². The average Bonchev–Trinajstić information content (AvgIpc) is 2.32. The highest BCUT2D eigenvalue weighted by Crippen LogP contribution is 2.23. The molecule has 0 atom stereocenters. The van der Waals surface area contributed by atoms with Gasteiger partial charge in [-0.15, -0.1) is 0 Å². The van der Waals surface area contributed by atoms with Crippen LogP contribution in [0.2, 0.25) is 0 Å². The zero-order chi connectivity index (χ0) is 14.2. The van der Waals surface area contributed by atoms with E-state index in [1.807, 2.05) is 58.9 Å². The minimum atomic E-state index is -0.174.